The van der Waals surface area contributed by atoms with E-state index in [4.69, 9.17) is 5.73 Å². The topological polar surface area (TPSA) is 69.4 Å². The molecule has 5 heteroatoms. The lowest BCUT2D eigenvalue weighted by Crippen LogP contribution is -2.21. The highest BCUT2D eigenvalue weighted by molar-refractivity contribution is 5.91. The Morgan fingerprint density at radius 2 is 2.13 bits per heavy atom. The molecule has 0 spiro atoms. The van der Waals surface area contributed by atoms with Gasteiger partial charge in [-0.1, -0.05) is 6.07 Å². The zero-order valence-electron chi connectivity index (χ0n) is 8.12. The third-order valence-electron chi connectivity index (χ3n) is 1.75. The molecule has 0 bridgehead atoms. The minimum atomic E-state index is -0.771. The maximum absolute atomic E-state index is 13.0. The molecule has 80 valence electrons. The van der Waals surface area contributed by atoms with Gasteiger partial charge < -0.3 is 10.5 Å². The van der Waals surface area contributed by atoms with E-state index in [0.29, 0.717) is 5.56 Å². The fourth-order valence-electron chi connectivity index (χ4n) is 0.940. The van der Waals surface area contributed by atoms with E-state index < -0.39 is 24.3 Å². The van der Waals surface area contributed by atoms with Crippen molar-refractivity contribution in [2.75, 3.05) is 6.61 Å². The van der Waals surface area contributed by atoms with Gasteiger partial charge in [0.1, 0.15) is 5.82 Å². The molecule has 0 aliphatic rings. The number of ether oxygens (including phenoxy) is 1. The molecule has 1 aromatic rings. The Balaban J connectivity index is 2.74. The molecule has 0 unspecified atom stereocenters. The number of aryl methyl sites for hydroxylation is 1. The lowest BCUT2D eigenvalue weighted by atomic mass is 10.1. The Labute approximate surface area is 85.8 Å². The van der Waals surface area contributed by atoms with Crippen molar-refractivity contribution >= 4 is 11.9 Å². The molecule has 15 heavy (non-hydrogen) atoms. The summed E-state index contributed by atoms with van der Waals surface area (Å²) < 4.78 is 17.5. The average molecular weight is 211 g/mol. The Morgan fingerprint density at radius 1 is 1.47 bits per heavy atom. The number of halogens is 1. The third kappa shape index (κ3) is 3.05. The summed E-state index contributed by atoms with van der Waals surface area (Å²) in [5, 5.41) is 0. The predicted octanol–water partition coefficient (Wildman–Crippen LogP) is 0.776. The van der Waals surface area contributed by atoms with Crippen LogP contribution < -0.4 is 5.73 Å². The summed E-state index contributed by atoms with van der Waals surface area (Å²) in [5.41, 5.74) is 5.27. The molecule has 0 saturated carbocycles. The molecular weight excluding hydrogens is 201 g/mol. The molecule has 0 atom stereocenters. The number of hydrogen-bond acceptors (Lipinski definition) is 3. The SMILES string of the molecule is Cc1ccc(C(=O)OCC(N)=O)cc1F. The Morgan fingerprint density at radius 3 is 2.67 bits per heavy atom. The molecule has 0 aliphatic carbocycles. The number of carbonyl (C=O) groups excluding carboxylic acids is 2. The number of amides is 1. The van der Waals surface area contributed by atoms with Crippen LogP contribution in [0.2, 0.25) is 0 Å². The summed E-state index contributed by atoms with van der Waals surface area (Å²) in [7, 11) is 0. The van der Waals surface area contributed by atoms with Gasteiger partial charge in [0.25, 0.3) is 5.91 Å². The van der Waals surface area contributed by atoms with Crippen molar-refractivity contribution in [3.8, 4) is 0 Å². The van der Waals surface area contributed by atoms with Gasteiger partial charge in [-0.3, -0.25) is 4.79 Å². The normalized spacial score (nSPS) is 9.73. The van der Waals surface area contributed by atoms with Crippen LogP contribution in [0.15, 0.2) is 18.2 Å². The number of primary amides is 1. The van der Waals surface area contributed by atoms with E-state index >= 15 is 0 Å². The van der Waals surface area contributed by atoms with Gasteiger partial charge in [-0.15, -0.1) is 0 Å². The monoisotopic (exact) mass is 211 g/mol. The number of esters is 1. The first kappa shape index (κ1) is 11.2. The molecule has 4 nitrogen and oxygen atoms in total. The molecule has 0 heterocycles. The number of hydrogen-bond donors (Lipinski definition) is 1. The molecular formula is C10H10FNO3. The van der Waals surface area contributed by atoms with Gasteiger partial charge in [-0.2, -0.15) is 0 Å². The van der Waals surface area contributed by atoms with Gasteiger partial charge in [-0.25, -0.2) is 9.18 Å². The second-order valence-electron chi connectivity index (χ2n) is 3.01. The van der Waals surface area contributed by atoms with Crippen LogP contribution in [-0.2, 0) is 9.53 Å². The van der Waals surface area contributed by atoms with Crippen LogP contribution >= 0.6 is 0 Å². The van der Waals surface area contributed by atoms with Gasteiger partial charge in [0.2, 0.25) is 0 Å². The quantitative estimate of drug-likeness (QED) is 0.751. The summed E-state index contributed by atoms with van der Waals surface area (Å²) in [6.07, 6.45) is 0. The molecule has 1 amide bonds. The lowest BCUT2D eigenvalue weighted by molar-refractivity contribution is -0.121. The van der Waals surface area contributed by atoms with Crippen molar-refractivity contribution in [3.05, 3.63) is 35.1 Å². The largest absolute Gasteiger partial charge is 0.452 e. The molecule has 1 rings (SSSR count). The zero-order valence-corrected chi connectivity index (χ0v) is 8.12. The van der Waals surface area contributed by atoms with E-state index in [9.17, 15) is 14.0 Å². The second-order valence-corrected chi connectivity index (χ2v) is 3.01. The van der Waals surface area contributed by atoms with Crippen LogP contribution in [0.4, 0.5) is 4.39 Å². The number of nitrogens with two attached hydrogens (primary N) is 1. The summed E-state index contributed by atoms with van der Waals surface area (Å²) >= 11 is 0. The highest BCUT2D eigenvalue weighted by Gasteiger charge is 2.10. The lowest BCUT2D eigenvalue weighted by Gasteiger charge is -2.03. The molecule has 0 aliphatic heterocycles. The first-order chi connectivity index (χ1) is 7.00. The first-order valence-electron chi connectivity index (χ1n) is 4.22. The zero-order chi connectivity index (χ0) is 11.4. The van der Waals surface area contributed by atoms with Crippen molar-refractivity contribution < 1.29 is 18.7 Å². The molecule has 0 radical (unpaired) electrons. The van der Waals surface area contributed by atoms with E-state index in [1.807, 2.05) is 0 Å². The van der Waals surface area contributed by atoms with Crippen LogP contribution in [-0.4, -0.2) is 18.5 Å². The summed E-state index contributed by atoms with van der Waals surface area (Å²) in [6.45, 7) is 1.07. The second kappa shape index (κ2) is 4.54. The maximum Gasteiger partial charge on any atom is 0.338 e. The summed E-state index contributed by atoms with van der Waals surface area (Å²) in [5.74, 6) is -2.02. The van der Waals surface area contributed by atoms with E-state index in [1.54, 1.807) is 6.92 Å². The number of carbonyl (C=O) groups is 2. The summed E-state index contributed by atoms with van der Waals surface area (Å²) in [6, 6.07) is 3.93. The van der Waals surface area contributed by atoms with Crippen molar-refractivity contribution in [1.29, 1.82) is 0 Å². The van der Waals surface area contributed by atoms with Crippen molar-refractivity contribution in [2.45, 2.75) is 6.92 Å². The van der Waals surface area contributed by atoms with Crippen molar-refractivity contribution in [3.63, 3.8) is 0 Å². The van der Waals surface area contributed by atoms with Crippen LogP contribution in [0.3, 0.4) is 0 Å². The van der Waals surface area contributed by atoms with Crippen molar-refractivity contribution in [2.24, 2.45) is 5.73 Å². The van der Waals surface area contributed by atoms with E-state index in [0.717, 1.165) is 6.07 Å². The molecule has 0 saturated heterocycles. The van der Waals surface area contributed by atoms with Gasteiger partial charge in [-0.05, 0) is 24.6 Å². The van der Waals surface area contributed by atoms with Gasteiger partial charge in [0, 0.05) is 0 Å². The standard InChI is InChI=1S/C10H10FNO3/c1-6-2-3-7(4-8(6)11)10(14)15-5-9(12)13/h2-4H,5H2,1H3,(H2,12,13). The van der Waals surface area contributed by atoms with E-state index in [1.165, 1.54) is 12.1 Å². The molecule has 1 aromatic carbocycles. The molecule has 0 aromatic heterocycles. The first-order valence-corrected chi connectivity index (χ1v) is 4.22. The van der Waals surface area contributed by atoms with Crippen LogP contribution in [0.25, 0.3) is 0 Å². The minimum absolute atomic E-state index is 0.0550. The highest BCUT2D eigenvalue weighted by atomic mass is 19.1. The van der Waals surface area contributed by atoms with Crippen LogP contribution in [0.5, 0.6) is 0 Å². The van der Waals surface area contributed by atoms with Gasteiger partial charge >= 0.3 is 5.97 Å². The van der Waals surface area contributed by atoms with Crippen LogP contribution in [0.1, 0.15) is 15.9 Å². The van der Waals surface area contributed by atoms with Crippen LogP contribution in [0, 0.1) is 12.7 Å². The fraction of sp³-hybridized carbons (Fsp3) is 0.200. The van der Waals surface area contributed by atoms with E-state index in [-0.39, 0.29) is 5.56 Å². The minimum Gasteiger partial charge on any atom is -0.452 e. The smallest absolute Gasteiger partial charge is 0.338 e. The Bertz CT molecular complexity index is 404. The number of benzene rings is 1. The maximum atomic E-state index is 13.0. The fourth-order valence-corrected chi connectivity index (χ4v) is 0.940. The predicted molar refractivity (Wildman–Crippen MR) is 50.6 cm³/mol. The van der Waals surface area contributed by atoms with Gasteiger partial charge in [0.15, 0.2) is 6.61 Å². The Hall–Kier alpha value is -1.91. The van der Waals surface area contributed by atoms with Gasteiger partial charge in [0.05, 0.1) is 5.56 Å². The Kier molecular flexibility index (Phi) is 3.38. The third-order valence-corrected chi connectivity index (χ3v) is 1.75. The van der Waals surface area contributed by atoms with E-state index in [2.05, 4.69) is 4.74 Å². The highest BCUT2D eigenvalue weighted by Crippen LogP contribution is 2.10. The number of rotatable bonds is 3. The molecule has 2 N–H and O–H groups in total. The summed E-state index contributed by atoms with van der Waals surface area (Å²) in [4.78, 5) is 21.5. The average Bonchev–Trinajstić information content (AvgIpc) is 2.18. The van der Waals surface area contributed by atoms with Crippen molar-refractivity contribution in [1.82, 2.24) is 0 Å². The molecule has 0 fully saturated rings.